The molecule has 0 fully saturated rings. The number of aryl methyl sites for hydroxylation is 6. The Bertz CT molecular complexity index is 4920. The van der Waals surface area contributed by atoms with Gasteiger partial charge in [-0.15, -0.1) is 39.6 Å². The first-order chi connectivity index (χ1) is 45.5. The molecule has 7 aromatic carbocycles. The Kier molecular flexibility index (Phi) is 27.0. The van der Waals surface area contributed by atoms with E-state index in [1.54, 1.807) is 91.4 Å². The van der Waals surface area contributed by atoms with Crippen LogP contribution in [0.5, 0.6) is 5.75 Å². The van der Waals surface area contributed by atoms with Crippen molar-refractivity contribution in [1.82, 2.24) is 15.0 Å². The van der Waals surface area contributed by atoms with Gasteiger partial charge in [0.2, 0.25) is 5.91 Å². The van der Waals surface area contributed by atoms with Crippen molar-refractivity contribution in [2.75, 3.05) is 5.32 Å². The van der Waals surface area contributed by atoms with Crippen LogP contribution in [0.1, 0.15) is 75.0 Å². The van der Waals surface area contributed by atoms with Gasteiger partial charge in [-0.1, -0.05) is 144 Å². The third-order valence-corrected chi connectivity index (χ3v) is 18.8. The summed E-state index contributed by atoms with van der Waals surface area (Å²) in [6, 6.07) is 61.6. The molecule has 0 unspecified atom stereocenters. The van der Waals surface area contributed by atoms with Crippen molar-refractivity contribution in [2.45, 2.75) is 74.3 Å². The number of pyridine rings is 3. The van der Waals surface area contributed by atoms with E-state index in [4.69, 9.17) is 5.02 Å². The van der Waals surface area contributed by atoms with Crippen LogP contribution in [0.15, 0.2) is 235 Å². The Morgan fingerprint density at radius 3 is 1.52 bits per heavy atom. The number of anilines is 1. The van der Waals surface area contributed by atoms with Gasteiger partial charge in [0.15, 0.2) is 5.78 Å². The molecule has 0 saturated heterocycles. The molecule has 11 nitrogen and oxygen atoms in total. The first-order valence-corrected chi connectivity index (χ1v) is 34.6. The standard InChI is InChI=1S/C27H21NOS.C21H18BrNO2S.C21H16BrNOS.C5H5BNO2.C4H9O.K/c1-17-14-22-23(15-18(17)2)28-27(29)26(24-12-7-13-30-24)25(22)21-11-6-10-20(16-21)19-8-4-3-5-9-19;1-13-9-18(21(25)15-5-3-6-16(22)11-15)19(10-14(13)2)23-20(24)12-17-7-4-8-26-17;1-12-9-16-17(10-13(12)2)23-21(24)20(18-7-4-8-25-18)19(16)14-5-3-6-15(22)11-14;8-6-9-5-1-3-7-4-2-5;1-4(2,3)5;/h3-16H,1-2H3,(H,28,29);3-11H,12H2,1-2H3,(H,23,24);3-11H,1-2H3,(H,23,24);1-4,8H;1-3H3;/q;;;;-1;+1. The number of nitrogens with zero attached hydrogens (tertiary/aromatic N) is 1. The number of carbonyl (C=O) groups is 2. The first-order valence-electron chi connectivity index (χ1n) is 30.3. The van der Waals surface area contributed by atoms with E-state index in [-0.39, 0.29) is 74.2 Å². The Morgan fingerprint density at radius 2 is 1.01 bits per heavy atom. The van der Waals surface area contributed by atoms with Gasteiger partial charge in [-0.2, -0.15) is 0 Å². The minimum absolute atomic E-state index is 0. The fourth-order valence-electron chi connectivity index (χ4n) is 10.3. The van der Waals surface area contributed by atoms with E-state index in [2.05, 4.69) is 157 Å². The van der Waals surface area contributed by atoms with Gasteiger partial charge in [-0.3, -0.25) is 24.2 Å². The number of carbonyl (C=O) groups excluding carboxylic acids is 2. The minimum atomic E-state index is -0.750. The molecular weight excluding hydrogens is 1410 g/mol. The van der Waals surface area contributed by atoms with Gasteiger partial charge < -0.3 is 30.1 Å². The molecule has 0 saturated carbocycles. The van der Waals surface area contributed by atoms with Crippen LogP contribution in [0.2, 0.25) is 0 Å². The number of benzene rings is 7. The topological polar surface area (TPSA) is 177 Å². The van der Waals surface area contributed by atoms with Crippen molar-refractivity contribution in [3.8, 4) is 60.0 Å². The van der Waals surface area contributed by atoms with Crippen LogP contribution in [-0.4, -0.2) is 45.0 Å². The zero-order valence-electron chi connectivity index (χ0n) is 54.9. The van der Waals surface area contributed by atoms with Crippen molar-refractivity contribution >= 4 is 113 Å². The minimum Gasteiger partial charge on any atom is -0.850 e. The molecule has 0 spiro atoms. The summed E-state index contributed by atoms with van der Waals surface area (Å²) in [5.41, 5.74) is 17.2. The Labute approximate surface area is 631 Å². The largest absolute Gasteiger partial charge is 1.00 e. The zero-order chi connectivity index (χ0) is 67.9. The predicted octanol–water partition coefficient (Wildman–Crippen LogP) is 16.2. The number of thiophene rings is 3. The summed E-state index contributed by atoms with van der Waals surface area (Å²) in [7, 11) is 0.634. The Morgan fingerprint density at radius 1 is 0.542 bits per heavy atom. The average Bonchev–Trinajstić information content (AvgIpc) is 0.982. The first kappa shape index (κ1) is 74.5. The number of hydrogen-bond donors (Lipinski definition) is 4. The summed E-state index contributed by atoms with van der Waals surface area (Å²) in [5.74, 6) is 0.340. The molecule has 0 aliphatic carbocycles. The Balaban J connectivity index is 0.000000167. The summed E-state index contributed by atoms with van der Waals surface area (Å²) in [6.07, 6.45) is 3.47. The van der Waals surface area contributed by atoms with Gasteiger partial charge >= 0.3 is 59.1 Å². The fourth-order valence-corrected chi connectivity index (χ4v) is 13.3. The second-order valence-electron chi connectivity index (χ2n) is 23.4. The Hall–Kier alpha value is -7.27. The number of rotatable bonds is 12. The van der Waals surface area contributed by atoms with Crippen LogP contribution >= 0.6 is 65.9 Å². The number of fused-ring (bicyclic) bond motifs is 2. The number of aromatic amines is 2. The molecule has 6 heterocycles. The third kappa shape index (κ3) is 20.0. The van der Waals surface area contributed by atoms with Crippen molar-refractivity contribution in [3.05, 3.63) is 296 Å². The number of nitrogens with one attached hydrogen (secondary N) is 3. The molecule has 479 valence electrons. The van der Waals surface area contributed by atoms with E-state index in [0.29, 0.717) is 36.7 Å². The second kappa shape index (κ2) is 34.8. The maximum absolute atomic E-state index is 13.2. The van der Waals surface area contributed by atoms with Gasteiger partial charge in [-0.25, -0.2) is 0 Å². The number of amides is 1. The number of H-pyrrole nitrogens is 2. The van der Waals surface area contributed by atoms with Crippen LogP contribution in [0.25, 0.3) is 76.1 Å². The second-order valence-corrected chi connectivity index (χ2v) is 28.2. The summed E-state index contributed by atoms with van der Waals surface area (Å²) in [5, 5.41) is 29.3. The van der Waals surface area contributed by atoms with E-state index in [9.17, 15) is 24.3 Å². The van der Waals surface area contributed by atoms with Crippen molar-refractivity contribution in [1.29, 1.82) is 0 Å². The third-order valence-electron chi connectivity index (χ3n) is 15.2. The smallest absolute Gasteiger partial charge is 0.850 e. The molecule has 0 bridgehead atoms. The SMILES string of the molecule is CC(C)(C)[O-].Cc1cc(NC(=O)Cc2cccs2)c(C(=O)c2cccc(Br)c2)cc1C.Cc1cc2[nH]c(=O)c(-c3cccs3)c(-c3cccc(-c4ccccc4)c3)c2cc1C.Cc1cc2[nH]c(=O)c(-c3cccs3)c(-c3cccc(Br)c3)c2cc1C.O[B]Oc1ccncc1.[K+]. The maximum Gasteiger partial charge on any atom is 1.00 e. The van der Waals surface area contributed by atoms with Gasteiger partial charge in [0.1, 0.15) is 5.75 Å². The summed E-state index contributed by atoms with van der Waals surface area (Å²) < 4.78 is 6.44. The van der Waals surface area contributed by atoms with E-state index in [0.717, 1.165) is 101 Å². The molecule has 0 aliphatic heterocycles. The zero-order valence-corrected chi connectivity index (χ0v) is 63.6. The van der Waals surface area contributed by atoms with E-state index in [1.807, 2.05) is 121 Å². The molecule has 0 atom stereocenters. The molecule has 1 radical (unpaired) electrons. The summed E-state index contributed by atoms with van der Waals surface area (Å²) in [6.45, 7) is 17.2. The monoisotopic (exact) mass is 1480 g/mol. The van der Waals surface area contributed by atoms with Gasteiger partial charge in [0.05, 0.1) is 23.2 Å². The molecule has 18 heteroatoms. The normalized spacial score (nSPS) is 10.7. The predicted molar refractivity (Wildman–Crippen MR) is 401 cm³/mol. The van der Waals surface area contributed by atoms with Crippen LogP contribution in [0.4, 0.5) is 5.69 Å². The molecule has 4 N–H and O–H groups in total. The molecule has 1 amide bonds. The quantitative estimate of drug-likeness (QED) is 0.0690. The summed E-state index contributed by atoms with van der Waals surface area (Å²) in [4.78, 5) is 64.5. The van der Waals surface area contributed by atoms with Gasteiger partial charge in [-0.05, 0) is 210 Å². The van der Waals surface area contributed by atoms with Crippen LogP contribution in [0.3, 0.4) is 0 Å². The van der Waals surface area contributed by atoms with Crippen LogP contribution in [-0.2, 0) is 11.2 Å². The van der Waals surface area contributed by atoms with Crippen LogP contribution < -0.4 is 77.6 Å². The molecule has 6 aromatic heterocycles. The average molecular weight is 1480 g/mol. The van der Waals surface area contributed by atoms with Crippen molar-refractivity contribution in [3.63, 3.8) is 0 Å². The summed E-state index contributed by atoms with van der Waals surface area (Å²) >= 11 is 11.7. The van der Waals surface area contributed by atoms with Gasteiger partial charge in [0, 0.05) is 80.0 Å². The van der Waals surface area contributed by atoms with Crippen molar-refractivity contribution in [2.24, 2.45) is 0 Å². The number of halogens is 2. The number of hydrogen-bond acceptors (Lipinski definition) is 11. The van der Waals surface area contributed by atoms with Gasteiger partial charge in [0.25, 0.3) is 11.1 Å². The van der Waals surface area contributed by atoms with Crippen molar-refractivity contribution < 1.29 is 75.8 Å². The molecule has 0 aliphatic rings. The maximum atomic E-state index is 13.2. The molecule has 13 aromatic rings. The van der Waals surface area contributed by atoms with E-state index < -0.39 is 5.60 Å². The molecule has 13 rings (SSSR count). The number of ketones is 1. The van der Waals surface area contributed by atoms with Crippen LogP contribution in [0, 0.1) is 41.5 Å². The molecule has 96 heavy (non-hydrogen) atoms. The van der Waals surface area contributed by atoms with E-state index in [1.165, 1.54) is 22.3 Å². The fraction of sp³-hybridized carbons (Fsp3) is 0.141. The van der Waals surface area contributed by atoms with E-state index >= 15 is 0 Å². The molecular formula is C78H69BBr2KN4O7S3. The number of aromatic nitrogens is 3.